The van der Waals surface area contributed by atoms with Crippen LogP contribution in [-0.2, 0) is 0 Å². The average Bonchev–Trinajstić information content (AvgIpc) is 2.29. The molecule has 1 fully saturated rings. The summed E-state index contributed by atoms with van der Waals surface area (Å²) in [4.78, 5) is 4.67. The van der Waals surface area contributed by atoms with Crippen LogP contribution in [0.15, 0.2) is 35.3 Å². The van der Waals surface area contributed by atoms with Crippen LogP contribution in [0.5, 0.6) is 0 Å². The lowest BCUT2D eigenvalue weighted by Crippen LogP contribution is -2.37. The molecular formula is C13H18N2. The summed E-state index contributed by atoms with van der Waals surface area (Å²) in [6.07, 6.45) is 3.16. The number of nitrogens with one attached hydrogen (secondary N) is 1. The van der Waals surface area contributed by atoms with E-state index < -0.39 is 0 Å². The van der Waals surface area contributed by atoms with Gasteiger partial charge in [0.1, 0.15) is 0 Å². The maximum atomic E-state index is 4.67. The number of hydrogen-bond acceptors (Lipinski definition) is 2. The highest BCUT2D eigenvalue weighted by molar-refractivity contribution is 5.79. The number of aliphatic imine (C=N–C) groups is 1. The molecular weight excluding hydrogens is 184 g/mol. The first-order valence-corrected chi connectivity index (χ1v) is 5.65. The van der Waals surface area contributed by atoms with Crippen molar-refractivity contribution in [1.29, 1.82) is 0 Å². The molecule has 2 unspecified atom stereocenters. The van der Waals surface area contributed by atoms with Gasteiger partial charge in [0.25, 0.3) is 0 Å². The van der Waals surface area contributed by atoms with E-state index in [2.05, 4.69) is 29.4 Å². The second-order valence-corrected chi connectivity index (χ2v) is 4.23. The second kappa shape index (κ2) is 5.08. The minimum atomic E-state index is 0.492. The lowest BCUT2D eigenvalue weighted by Gasteiger charge is -2.26. The van der Waals surface area contributed by atoms with E-state index in [0.717, 1.165) is 19.5 Å². The van der Waals surface area contributed by atoms with Crippen LogP contribution in [0.1, 0.15) is 18.9 Å². The van der Waals surface area contributed by atoms with Crippen LogP contribution in [0.4, 0.5) is 0 Å². The Labute approximate surface area is 91.4 Å². The Balaban J connectivity index is 1.98. The van der Waals surface area contributed by atoms with Crippen LogP contribution >= 0.6 is 0 Å². The van der Waals surface area contributed by atoms with Crippen LogP contribution in [0.25, 0.3) is 0 Å². The van der Waals surface area contributed by atoms with Gasteiger partial charge in [0.15, 0.2) is 0 Å². The van der Waals surface area contributed by atoms with Crippen LogP contribution in [0.2, 0.25) is 0 Å². The van der Waals surface area contributed by atoms with Crippen molar-refractivity contribution in [1.82, 2.24) is 5.32 Å². The Morgan fingerprint density at radius 2 is 2.13 bits per heavy atom. The van der Waals surface area contributed by atoms with Gasteiger partial charge in [0, 0.05) is 6.21 Å². The number of piperidine rings is 1. The Kier molecular flexibility index (Phi) is 3.51. The fourth-order valence-corrected chi connectivity index (χ4v) is 1.94. The molecule has 1 heterocycles. The second-order valence-electron chi connectivity index (χ2n) is 4.23. The summed E-state index contributed by atoms with van der Waals surface area (Å²) >= 11 is 0. The molecule has 0 amide bonds. The molecule has 80 valence electrons. The van der Waals surface area contributed by atoms with E-state index in [9.17, 15) is 0 Å². The first-order valence-electron chi connectivity index (χ1n) is 5.65. The molecule has 2 heteroatoms. The van der Waals surface area contributed by atoms with Crippen molar-refractivity contribution in [2.45, 2.75) is 19.4 Å². The van der Waals surface area contributed by atoms with Crippen molar-refractivity contribution in [3.63, 3.8) is 0 Å². The first-order chi connectivity index (χ1) is 7.36. The van der Waals surface area contributed by atoms with Crippen molar-refractivity contribution >= 4 is 6.21 Å². The van der Waals surface area contributed by atoms with Gasteiger partial charge in [0.05, 0.1) is 6.04 Å². The normalized spacial score (nSPS) is 27.0. The molecule has 0 spiro atoms. The summed E-state index contributed by atoms with van der Waals surface area (Å²) in [5.41, 5.74) is 1.20. The lowest BCUT2D eigenvalue weighted by atomic mass is 9.96. The Bertz CT molecular complexity index is 319. The van der Waals surface area contributed by atoms with Crippen molar-refractivity contribution in [3.8, 4) is 0 Å². The van der Waals surface area contributed by atoms with Crippen LogP contribution in [0.3, 0.4) is 0 Å². The van der Waals surface area contributed by atoms with Gasteiger partial charge in [-0.15, -0.1) is 0 Å². The predicted octanol–water partition coefficient (Wildman–Crippen LogP) is 2.10. The van der Waals surface area contributed by atoms with E-state index in [0.29, 0.717) is 12.0 Å². The Morgan fingerprint density at radius 1 is 1.33 bits per heavy atom. The fraction of sp³-hybridized carbons (Fsp3) is 0.462. The summed E-state index contributed by atoms with van der Waals surface area (Å²) in [6, 6.07) is 10.8. The molecule has 0 saturated carbocycles. The van der Waals surface area contributed by atoms with E-state index in [1.165, 1.54) is 5.56 Å². The molecule has 0 bridgehead atoms. The zero-order valence-electron chi connectivity index (χ0n) is 9.19. The van der Waals surface area contributed by atoms with Crippen molar-refractivity contribution in [2.75, 3.05) is 13.1 Å². The summed E-state index contributed by atoms with van der Waals surface area (Å²) in [7, 11) is 0. The standard InChI is InChI=1S/C13H18N2/c1-11-9-14-8-7-13(11)15-10-12-5-3-2-4-6-12/h2-6,10-11,13-14H,7-9H2,1H3. The highest BCUT2D eigenvalue weighted by Crippen LogP contribution is 2.14. The molecule has 0 aromatic heterocycles. The number of rotatable bonds is 2. The zero-order chi connectivity index (χ0) is 10.5. The maximum Gasteiger partial charge on any atom is 0.0549 e. The van der Waals surface area contributed by atoms with Crippen molar-refractivity contribution < 1.29 is 0 Å². The zero-order valence-corrected chi connectivity index (χ0v) is 9.19. The molecule has 15 heavy (non-hydrogen) atoms. The van der Waals surface area contributed by atoms with Gasteiger partial charge < -0.3 is 5.32 Å². The molecule has 0 aliphatic carbocycles. The topological polar surface area (TPSA) is 24.4 Å². The summed E-state index contributed by atoms with van der Waals surface area (Å²) in [6.45, 7) is 4.46. The molecule has 1 saturated heterocycles. The summed E-state index contributed by atoms with van der Waals surface area (Å²) < 4.78 is 0. The first kappa shape index (κ1) is 10.4. The summed E-state index contributed by atoms with van der Waals surface area (Å²) in [5, 5.41) is 3.39. The molecule has 1 aromatic rings. The van der Waals surface area contributed by atoms with Crippen LogP contribution in [-0.4, -0.2) is 25.3 Å². The molecule has 2 atom stereocenters. The van der Waals surface area contributed by atoms with E-state index in [1.807, 2.05) is 24.4 Å². The minimum absolute atomic E-state index is 0.492. The van der Waals surface area contributed by atoms with Gasteiger partial charge in [-0.2, -0.15) is 0 Å². The van der Waals surface area contributed by atoms with Gasteiger partial charge in [-0.1, -0.05) is 37.3 Å². The van der Waals surface area contributed by atoms with Crippen LogP contribution < -0.4 is 5.32 Å². The van der Waals surface area contributed by atoms with Crippen molar-refractivity contribution in [3.05, 3.63) is 35.9 Å². The van der Waals surface area contributed by atoms with Gasteiger partial charge in [-0.05, 0) is 31.0 Å². The molecule has 1 N–H and O–H groups in total. The van der Waals surface area contributed by atoms with Gasteiger partial charge in [-0.25, -0.2) is 0 Å². The monoisotopic (exact) mass is 202 g/mol. The number of nitrogens with zero attached hydrogens (tertiary/aromatic N) is 1. The Morgan fingerprint density at radius 3 is 2.87 bits per heavy atom. The maximum absolute atomic E-state index is 4.67. The number of benzene rings is 1. The highest BCUT2D eigenvalue weighted by Gasteiger charge is 2.18. The van der Waals surface area contributed by atoms with E-state index >= 15 is 0 Å². The predicted molar refractivity (Wildman–Crippen MR) is 64.5 cm³/mol. The van der Waals surface area contributed by atoms with Crippen LogP contribution in [0, 0.1) is 5.92 Å². The van der Waals surface area contributed by atoms with Gasteiger partial charge in [0.2, 0.25) is 0 Å². The third kappa shape index (κ3) is 2.90. The van der Waals surface area contributed by atoms with Gasteiger partial charge in [-0.3, -0.25) is 4.99 Å². The fourth-order valence-electron chi connectivity index (χ4n) is 1.94. The quantitative estimate of drug-likeness (QED) is 0.730. The SMILES string of the molecule is CC1CNCCC1N=Cc1ccccc1. The molecule has 2 rings (SSSR count). The van der Waals surface area contributed by atoms with E-state index in [-0.39, 0.29) is 0 Å². The Hall–Kier alpha value is -1.15. The van der Waals surface area contributed by atoms with Crippen molar-refractivity contribution in [2.24, 2.45) is 10.9 Å². The van der Waals surface area contributed by atoms with E-state index in [1.54, 1.807) is 0 Å². The third-order valence-corrected chi connectivity index (χ3v) is 2.95. The number of hydrogen-bond donors (Lipinski definition) is 1. The smallest absolute Gasteiger partial charge is 0.0549 e. The minimum Gasteiger partial charge on any atom is -0.316 e. The third-order valence-electron chi connectivity index (χ3n) is 2.95. The molecule has 0 radical (unpaired) electrons. The highest BCUT2D eigenvalue weighted by atomic mass is 14.9. The average molecular weight is 202 g/mol. The summed E-state index contributed by atoms with van der Waals surface area (Å²) in [5.74, 6) is 0.652. The molecule has 1 aliphatic heterocycles. The van der Waals surface area contributed by atoms with Gasteiger partial charge >= 0.3 is 0 Å². The van der Waals surface area contributed by atoms with E-state index in [4.69, 9.17) is 0 Å². The lowest BCUT2D eigenvalue weighted by molar-refractivity contribution is 0.352. The molecule has 1 aliphatic rings. The largest absolute Gasteiger partial charge is 0.316 e. The molecule has 2 nitrogen and oxygen atoms in total. The molecule has 1 aromatic carbocycles.